The Bertz CT molecular complexity index is 972. The van der Waals surface area contributed by atoms with Crippen molar-refractivity contribution in [1.82, 2.24) is 10.2 Å². The third-order valence-electron chi connectivity index (χ3n) is 3.59. The second kappa shape index (κ2) is 8.25. The summed E-state index contributed by atoms with van der Waals surface area (Å²) in [4.78, 5) is 22.1. The third kappa shape index (κ3) is 4.67. The van der Waals surface area contributed by atoms with Crippen LogP contribution in [-0.2, 0) is 16.1 Å². The van der Waals surface area contributed by atoms with E-state index < -0.39 is 22.8 Å². The van der Waals surface area contributed by atoms with Crippen LogP contribution < -0.4 is 4.74 Å². The van der Waals surface area contributed by atoms with Gasteiger partial charge in [0.15, 0.2) is 12.7 Å². The second-order valence-corrected chi connectivity index (χ2v) is 5.63. The van der Waals surface area contributed by atoms with Crippen LogP contribution in [0.1, 0.15) is 12.8 Å². The lowest BCUT2D eigenvalue weighted by Crippen LogP contribution is -2.26. The number of carbonyl (C=O) groups is 1. The van der Waals surface area contributed by atoms with E-state index in [2.05, 4.69) is 10.2 Å². The van der Waals surface area contributed by atoms with Crippen molar-refractivity contribution < 1.29 is 28.0 Å². The minimum atomic E-state index is -0.928. The fraction of sp³-hybridized carbons (Fsp3) is 0.167. The molecule has 0 N–H and O–H groups in total. The van der Waals surface area contributed by atoms with E-state index in [4.69, 9.17) is 13.9 Å². The first-order valence-electron chi connectivity index (χ1n) is 8.08. The van der Waals surface area contributed by atoms with Crippen LogP contribution >= 0.6 is 0 Å². The number of nitro benzene ring substituents is 1. The molecule has 0 saturated heterocycles. The number of nitro groups is 1. The summed E-state index contributed by atoms with van der Waals surface area (Å²) < 4.78 is 28.7. The van der Waals surface area contributed by atoms with E-state index >= 15 is 0 Å². The molecule has 0 bridgehead atoms. The molecule has 144 valence electrons. The number of rotatable bonds is 7. The lowest BCUT2D eigenvalue weighted by Gasteiger charge is -2.13. The maximum Gasteiger partial charge on any atom is 0.347 e. The molecular weight excluding hydrogens is 373 g/mol. The van der Waals surface area contributed by atoms with E-state index in [1.54, 1.807) is 0 Å². The van der Waals surface area contributed by atoms with Crippen LogP contribution in [0.2, 0.25) is 0 Å². The highest BCUT2D eigenvalue weighted by atomic mass is 19.1. The molecule has 1 atom stereocenters. The van der Waals surface area contributed by atoms with Gasteiger partial charge in [-0.2, -0.15) is 0 Å². The van der Waals surface area contributed by atoms with Gasteiger partial charge in [-0.3, -0.25) is 10.1 Å². The van der Waals surface area contributed by atoms with Gasteiger partial charge in [-0.05, 0) is 43.3 Å². The minimum Gasteiger partial charge on any atom is -0.479 e. The summed E-state index contributed by atoms with van der Waals surface area (Å²) in [6, 6.07) is 10.8. The topological polar surface area (TPSA) is 118 Å². The van der Waals surface area contributed by atoms with Crippen molar-refractivity contribution in [2.45, 2.75) is 19.6 Å². The maximum atomic E-state index is 12.9. The highest BCUT2D eigenvalue weighted by Gasteiger charge is 2.18. The van der Waals surface area contributed by atoms with Gasteiger partial charge in [0, 0.05) is 17.7 Å². The standard InChI is InChI=1S/C18H14FN3O6/c1-11(27-15-8-4-13(19)5-9-15)18(23)26-10-16-20-21-17(28-16)12-2-6-14(7-3-12)22(24)25/h2-9,11H,10H2,1H3/t11-/m0/s1. The first-order valence-corrected chi connectivity index (χ1v) is 8.08. The minimum absolute atomic E-state index is 0.0516. The lowest BCUT2D eigenvalue weighted by atomic mass is 10.2. The lowest BCUT2D eigenvalue weighted by molar-refractivity contribution is -0.384. The number of aromatic nitrogens is 2. The Hall–Kier alpha value is -3.82. The van der Waals surface area contributed by atoms with Crippen molar-refractivity contribution in [3.05, 3.63) is 70.4 Å². The first kappa shape index (κ1) is 19.0. The van der Waals surface area contributed by atoms with Gasteiger partial charge in [0.05, 0.1) is 4.92 Å². The Morgan fingerprint density at radius 2 is 1.86 bits per heavy atom. The molecule has 0 radical (unpaired) electrons. The van der Waals surface area contributed by atoms with Gasteiger partial charge in [-0.1, -0.05) is 0 Å². The molecule has 0 saturated carbocycles. The summed E-state index contributed by atoms with van der Waals surface area (Å²) in [6.07, 6.45) is -0.928. The van der Waals surface area contributed by atoms with E-state index in [9.17, 15) is 19.3 Å². The highest BCUT2D eigenvalue weighted by Crippen LogP contribution is 2.21. The van der Waals surface area contributed by atoms with E-state index in [0.29, 0.717) is 11.3 Å². The number of non-ortho nitro benzene ring substituents is 1. The van der Waals surface area contributed by atoms with Gasteiger partial charge in [0.25, 0.3) is 11.6 Å². The Labute approximate surface area is 157 Å². The molecule has 3 rings (SSSR count). The molecule has 0 spiro atoms. The van der Waals surface area contributed by atoms with E-state index in [1.165, 1.54) is 55.5 Å². The summed E-state index contributed by atoms with van der Waals surface area (Å²) in [5.74, 6) is -0.571. The number of hydrogen-bond donors (Lipinski definition) is 0. The molecule has 0 aliphatic heterocycles. The van der Waals surface area contributed by atoms with Crippen LogP contribution in [-0.4, -0.2) is 27.2 Å². The summed E-state index contributed by atoms with van der Waals surface area (Å²) in [6.45, 7) is 1.22. The summed E-state index contributed by atoms with van der Waals surface area (Å²) in [5.41, 5.74) is 0.427. The van der Waals surface area contributed by atoms with Crippen LogP contribution in [0, 0.1) is 15.9 Å². The van der Waals surface area contributed by atoms with Crippen LogP contribution in [0.3, 0.4) is 0 Å². The number of carbonyl (C=O) groups excluding carboxylic acids is 1. The van der Waals surface area contributed by atoms with Gasteiger partial charge < -0.3 is 13.9 Å². The molecule has 0 unspecified atom stereocenters. The molecule has 10 heteroatoms. The highest BCUT2D eigenvalue weighted by molar-refractivity contribution is 5.74. The molecule has 0 aliphatic rings. The van der Waals surface area contributed by atoms with E-state index in [-0.39, 0.29) is 24.1 Å². The van der Waals surface area contributed by atoms with E-state index in [0.717, 1.165) is 0 Å². The van der Waals surface area contributed by atoms with Crippen molar-refractivity contribution >= 4 is 11.7 Å². The molecule has 3 aromatic rings. The Morgan fingerprint density at radius 3 is 2.50 bits per heavy atom. The van der Waals surface area contributed by atoms with Crippen molar-refractivity contribution in [1.29, 1.82) is 0 Å². The summed E-state index contributed by atoms with van der Waals surface area (Å²) in [5, 5.41) is 18.2. The van der Waals surface area contributed by atoms with Crippen molar-refractivity contribution in [2.24, 2.45) is 0 Å². The first-order chi connectivity index (χ1) is 13.4. The SMILES string of the molecule is C[C@H](Oc1ccc(F)cc1)C(=O)OCc1nnc(-c2ccc([N+](=O)[O-])cc2)o1. The van der Waals surface area contributed by atoms with Gasteiger partial charge >= 0.3 is 5.97 Å². The van der Waals surface area contributed by atoms with E-state index in [1.807, 2.05) is 0 Å². The van der Waals surface area contributed by atoms with Crippen molar-refractivity contribution in [2.75, 3.05) is 0 Å². The fourth-order valence-electron chi connectivity index (χ4n) is 2.17. The number of hydrogen-bond acceptors (Lipinski definition) is 8. The van der Waals surface area contributed by atoms with Crippen molar-refractivity contribution in [3.8, 4) is 17.2 Å². The molecule has 9 nitrogen and oxygen atoms in total. The van der Waals surface area contributed by atoms with Crippen molar-refractivity contribution in [3.63, 3.8) is 0 Å². The molecule has 0 amide bonds. The zero-order chi connectivity index (χ0) is 20.1. The summed E-state index contributed by atoms with van der Waals surface area (Å²) in [7, 11) is 0. The predicted molar refractivity (Wildman–Crippen MR) is 92.7 cm³/mol. The molecule has 1 heterocycles. The number of esters is 1. The fourth-order valence-corrected chi connectivity index (χ4v) is 2.17. The smallest absolute Gasteiger partial charge is 0.347 e. The van der Waals surface area contributed by atoms with Crippen LogP contribution in [0.5, 0.6) is 5.75 Å². The number of ether oxygens (including phenoxy) is 2. The van der Waals surface area contributed by atoms with Crippen LogP contribution in [0.4, 0.5) is 10.1 Å². The van der Waals surface area contributed by atoms with Crippen LogP contribution in [0.25, 0.3) is 11.5 Å². The van der Waals surface area contributed by atoms with Crippen LogP contribution in [0.15, 0.2) is 52.9 Å². The Kier molecular flexibility index (Phi) is 5.58. The Balaban J connectivity index is 1.55. The summed E-state index contributed by atoms with van der Waals surface area (Å²) >= 11 is 0. The number of halogens is 1. The molecule has 1 aromatic heterocycles. The zero-order valence-electron chi connectivity index (χ0n) is 14.6. The third-order valence-corrected chi connectivity index (χ3v) is 3.59. The monoisotopic (exact) mass is 387 g/mol. The average molecular weight is 387 g/mol. The number of benzene rings is 2. The average Bonchev–Trinajstić information content (AvgIpc) is 3.17. The quantitative estimate of drug-likeness (QED) is 0.344. The molecular formula is C18H14FN3O6. The molecule has 28 heavy (non-hydrogen) atoms. The predicted octanol–water partition coefficient (Wildman–Crippen LogP) is 3.29. The normalized spacial score (nSPS) is 11.6. The maximum absolute atomic E-state index is 12.9. The van der Waals surface area contributed by atoms with Gasteiger partial charge in [-0.15, -0.1) is 10.2 Å². The Morgan fingerprint density at radius 1 is 1.18 bits per heavy atom. The zero-order valence-corrected chi connectivity index (χ0v) is 14.6. The van der Waals surface area contributed by atoms with Gasteiger partial charge in [0.1, 0.15) is 11.6 Å². The van der Waals surface area contributed by atoms with Gasteiger partial charge in [-0.25, -0.2) is 9.18 Å². The molecule has 0 aliphatic carbocycles. The van der Waals surface area contributed by atoms with Gasteiger partial charge in [0.2, 0.25) is 5.89 Å². The second-order valence-electron chi connectivity index (χ2n) is 5.63. The largest absolute Gasteiger partial charge is 0.479 e. The molecule has 0 fully saturated rings. The molecule has 2 aromatic carbocycles. The number of nitrogens with zero attached hydrogens (tertiary/aromatic N) is 3.